The second kappa shape index (κ2) is 8.99. The highest BCUT2D eigenvalue weighted by Crippen LogP contribution is 2.24. The van der Waals surface area contributed by atoms with E-state index < -0.39 is 10.0 Å². The molecular formula is C22H31N5O2S. The molecule has 0 unspecified atom stereocenters. The molecule has 3 heterocycles. The third kappa shape index (κ3) is 4.50. The fraction of sp³-hybridized carbons (Fsp3) is 0.545. The molecule has 162 valence electrons. The van der Waals surface area contributed by atoms with Gasteiger partial charge in [-0.2, -0.15) is 4.31 Å². The first kappa shape index (κ1) is 21.2. The van der Waals surface area contributed by atoms with Crippen molar-refractivity contribution in [1.82, 2.24) is 19.2 Å². The maximum atomic E-state index is 12.8. The molecule has 8 heteroatoms. The highest BCUT2D eigenvalue weighted by Gasteiger charge is 2.26. The molecule has 0 amide bonds. The number of sulfonamides is 1. The molecule has 30 heavy (non-hydrogen) atoms. The number of anilines is 1. The molecule has 4 rings (SSSR count). The zero-order valence-corrected chi connectivity index (χ0v) is 18.7. The fourth-order valence-electron chi connectivity index (χ4n) is 4.15. The second-order valence-electron chi connectivity index (χ2n) is 8.37. The van der Waals surface area contributed by atoms with Crippen LogP contribution in [0, 0.1) is 0 Å². The minimum Gasteiger partial charge on any atom is -0.353 e. The van der Waals surface area contributed by atoms with Gasteiger partial charge in [-0.05, 0) is 38.8 Å². The van der Waals surface area contributed by atoms with Crippen LogP contribution in [0.2, 0.25) is 0 Å². The first-order valence-electron chi connectivity index (χ1n) is 10.9. The summed E-state index contributed by atoms with van der Waals surface area (Å²) in [5.41, 5.74) is 1.62. The molecule has 2 aliphatic heterocycles. The molecule has 1 aromatic heterocycles. The van der Waals surface area contributed by atoms with Crippen molar-refractivity contribution >= 4 is 15.8 Å². The summed E-state index contributed by atoms with van der Waals surface area (Å²) in [5, 5.41) is 0. The minimum atomic E-state index is -3.41. The molecule has 2 saturated heterocycles. The van der Waals surface area contributed by atoms with Crippen molar-refractivity contribution in [2.75, 3.05) is 44.2 Å². The van der Waals surface area contributed by atoms with Crippen LogP contribution >= 0.6 is 0 Å². The first-order valence-corrected chi connectivity index (χ1v) is 12.3. The zero-order valence-electron chi connectivity index (χ0n) is 17.9. The lowest BCUT2D eigenvalue weighted by Gasteiger charge is -2.37. The second-order valence-corrected chi connectivity index (χ2v) is 10.3. The fourth-order valence-corrected chi connectivity index (χ4v) is 5.67. The first-order chi connectivity index (χ1) is 14.4. The van der Waals surface area contributed by atoms with Crippen molar-refractivity contribution in [2.45, 2.75) is 44.0 Å². The average molecular weight is 430 g/mol. The summed E-state index contributed by atoms with van der Waals surface area (Å²) in [6.07, 6.45) is 6.57. The molecule has 0 aliphatic carbocycles. The van der Waals surface area contributed by atoms with E-state index in [2.05, 4.69) is 33.6 Å². The Morgan fingerprint density at radius 2 is 1.50 bits per heavy atom. The van der Waals surface area contributed by atoms with Crippen molar-refractivity contribution in [1.29, 1.82) is 0 Å². The van der Waals surface area contributed by atoms with Gasteiger partial charge in [0, 0.05) is 50.9 Å². The lowest BCUT2D eigenvalue weighted by Crippen LogP contribution is -2.49. The van der Waals surface area contributed by atoms with Crippen LogP contribution < -0.4 is 4.90 Å². The number of nitrogens with zero attached hydrogens (tertiary/aromatic N) is 5. The molecule has 0 spiro atoms. The summed E-state index contributed by atoms with van der Waals surface area (Å²) in [4.78, 5) is 14.3. The number of hydrogen-bond donors (Lipinski definition) is 0. The van der Waals surface area contributed by atoms with Gasteiger partial charge >= 0.3 is 0 Å². The summed E-state index contributed by atoms with van der Waals surface area (Å²) < 4.78 is 27.2. The zero-order chi connectivity index (χ0) is 21.1. The number of piperazine rings is 1. The van der Waals surface area contributed by atoms with Crippen molar-refractivity contribution in [2.24, 2.45) is 0 Å². The summed E-state index contributed by atoms with van der Waals surface area (Å²) in [5.74, 6) is 0.895. The van der Waals surface area contributed by atoms with E-state index in [0.29, 0.717) is 24.0 Å². The molecule has 2 aliphatic rings. The third-order valence-electron chi connectivity index (χ3n) is 6.11. The van der Waals surface area contributed by atoms with Gasteiger partial charge in [-0.15, -0.1) is 0 Å². The molecule has 2 aromatic rings. The minimum absolute atomic E-state index is 0.348. The third-order valence-corrected chi connectivity index (χ3v) is 8.02. The SMILES string of the molecule is CC(C)N1CCN(c2cnc(-c3ccc(S(=O)(=O)N4CCCCC4)cc3)cn2)CC1. The lowest BCUT2D eigenvalue weighted by molar-refractivity contribution is 0.209. The Hall–Kier alpha value is -2.03. The van der Waals surface area contributed by atoms with Gasteiger partial charge in [-0.3, -0.25) is 9.88 Å². The van der Waals surface area contributed by atoms with Gasteiger partial charge in [-0.25, -0.2) is 13.4 Å². The van der Waals surface area contributed by atoms with Gasteiger partial charge in [0.15, 0.2) is 0 Å². The molecule has 0 radical (unpaired) electrons. The number of benzene rings is 1. The Bertz CT molecular complexity index is 930. The molecule has 0 saturated carbocycles. The van der Waals surface area contributed by atoms with E-state index in [4.69, 9.17) is 0 Å². The van der Waals surface area contributed by atoms with E-state index in [1.165, 1.54) is 0 Å². The van der Waals surface area contributed by atoms with Crippen LogP contribution in [0.1, 0.15) is 33.1 Å². The van der Waals surface area contributed by atoms with E-state index >= 15 is 0 Å². The summed E-state index contributed by atoms with van der Waals surface area (Å²) in [6, 6.07) is 7.58. The Labute approximate surface area is 179 Å². The Morgan fingerprint density at radius 3 is 2.07 bits per heavy atom. The summed E-state index contributed by atoms with van der Waals surface area (Å²) >= 11 is 0. The Kier molecular flexibility index (Phi) is 6.36. The number of hydrogen-bond acceptors (Lipinski definition) is 6. The van der Waals surface area contributed by atoms with Crippen molar-refractivity contribution < 1.29 is 8.42 Å². The summed E-state index contributed by atoms with van der Waals surface area (Å²) in [7, 11) is -3.41. The van der Waals surface area contributed by atoms with E-state index in [-0.39, 0.29) is 0 Å². The van der Waals surface area contributed by atoms with Gasteiger partial charge in [-0.1, -0.05) is 18.6 Å². The summed E-state index contributed by atoms with van der Waals surface area (Å²) in [6.45, 7) is 9.66. The normalized spacial score (nSPS) is 19.4. The van der Waals surface area contributed by atoms with Crippen LogP contribution in [0.3, 0.4) is 0 Å². The molecule has 0 N–H and O–H groups in total. The smallest absolute Gasteiger partial charge is 0.243 e. The maximum absolute atomic E-state index is 12.8. The Morgan fingerprint density at radius 1 is 0.833 bits per heavy atom. The topological polar surface area (TPSA) is 69.6 Å². The van der Waals surface area contributed by atoms with E-state index in [0.717, 1.165) is 62.5 Å². The predicted molar refractivity (Wildman–Crippen MR) is 119 cm³/mol. The standard InChI is InChI=1S/C22H31N5O2S/c1-18(2)25-12-14-26(15-13-25)22-17-23-21(16-24-22)19-6-8-20(9-7-19)30(28,29)27-10-4-3-5-11-27/h6-9,16-18H,3-5,10-15H2,1-2H3. The molecule has 7 nitrogen and oxygen atoms in total. The maximum Gasteiger partial charge on any atom is 0.243 e. The lowest BCUT2D eigenvalue weighted by atomic mass is 10.2. The monoisotopic (exact) mass is 429 g/mol. The van der Waals surface area contributed by atoms with E-state index in [9.17, 15) is 8.42 Å². The van der Waals surface area contributed by atoms with E-state index in [1.807, 2.05) is 18.3 Å². The predicted octanol–water partition coefficient (Wildman–Crippen LogP) is 2.85. The van der Waals surface area contributed by atoms with Gasteiger partial charge < -0.3 is 4.90 Å². The highest BCUT2D eigenvalue weighted by molar-refractivity contribution is 7.89. The van der Waals surface area contributed by atoms with Gasteiger partial charge in [0.05, 0.1) is 23.0 Å². The van der Waals surface area contributed by atoms with Crippen LogP contribution in [0.5, 0.6) is 0 Å². The average Bonchev–Trinajstić information content (AvgIpc) is 2.80. The number of rotatable bonds is 5. The molecule has 0 bridgehead atoms. The Balaban J connectivity index is 1.43. The van der Waals surface area contributed by atoms with Crippen molar-refractivity contribution in [3.05, 3.63) is 36.7 Å². The van der Waals surface area contributed by atoms with E-state index in [1.54, 1.807) is 22.6 Å². The quantitative estimate of drug-likeness (QED) is 0.728. The highest BCUT2D eigenvalue weighted by atomic mass is 32.2. The largest absolute Gasteiger partial charge is 0.353 e. The number of piperidine rings is 1. The number of aromatic nitrogens is 2. The van der Waals surface area contributed by atoms with Gasteiger partial charge in [0.2, 0.25) is 10.0 Å². The molecular weight excluding hydrogens is 398 g/mol. The van der Waals surface area contributed by atoms with Crippen LogP contribution in [0.15, 0.2) is 41.6 Å². The van der Waals surface area contributed by atoms with Crippen molar-refractivity contribution in [3.8, 4) is 11.3 Å². The van der Waals surface area contributed by atoms with Crippen LogP contribution in [-0.4, -0.2) is 72.9 Å². The van der Waals surface area contributed by atoms with Crippen LogP contribution in [-0.2, 0) is 10.0 Å². The van der Waals surface area contributed by atoms with Gasteiger partial charge in [0.1, 0.15) is 5.82 Å². The van der Waals surface area contributed by atoms with Crippen LogP contribution in [0.25, 0.3) is 11.3 Å². The molecule has 2 fully saturated rings. The van der Waals surface area contributed by atoms with Crippen molar-refractivity contribution in [3.63, 3.8) is 0 Å². The molecule has 0 atom stereocenters. The molecule has 1 aromatic carbocycles. The van der Waals surface area contributed by atoms with Gasteiger partial charge in [0.25, 0.3) is 0 Å². The van der Waals surface area contributed by atoms with Crippen LogP contribution in [0.4, 0.5) is 5.82 Å².